The summed E-state index contributed by atoms with van der Waals surface area (Å²) in [6.07, 6.45) is 1.70. The Balaban J connectivity index is 3.28. The van der Waals surface area contributed by atoms with Crippen LogP contribution in [0.2, 0.25) is 0 Å². The lowest BCUT2D eigenvalue weighted by Crippen LogP contribution is -2.06. The van der Waals surface area contributed by atoms with Gasteiger partial charge >= 0.3 is 5.97 Å². The molecule has 0 saturated carbocycles. The lowest BCUT2D eigenvalue weighted by molar-refractivity contribution is 0.0683. The Bertz CT molecular complexity index is 303. The monoisotopic (exact) mass is 154 g/mol. The molecule has 1 rings (SSSR count). The van der Waals surface area contributed by atoms with E-state index in [2.05, 4.69) is 4.98 Å². The molecule has 0 spiro atoms. The number of aromatic carboxylic acids is 1. The molecule has 0 unspecified atom stereocenters. The van der Waals surface area contributed by atoms with Crippen LogP contribution in [0.15, 0.2) is 6.33 Å². The van der Waals surface area contributed by atoms with Crippen molar-refractivity contribution in [3.8, 4) is 0 Å². The first kappa shape index (κ1) is 7.46. The summed E-state index contributed by atoms with van der Waals surface area (Å²) in [7, 11) is 1.52. The van der Waals surface area contributed by atoms with Crippen LogP contribution in [0.5, 0.6) is 0 Å². The molecular weight excluding hydrogens is 148 g/mol. The van der Waals surface area contributed by atoms with Crippen LogP contribution < -0.4 is 0 Å². The first-order chi connectivity index (χ1) is 5.16. The molecule has 5 nitrogen and oxygen atoms in total. The second-order valence-corrected chi connectivity index (χ2v) is 2.01. The third-order valence-electron chi connectivity index (χ3n) is 1.28. The van der Waals surface area contributed by atoms with Gasteiger partial charge < -0.3 is 9.67 Å². The van der Waals surface area contributed by atoms with Crippen molar-refractivity contribution in [2.45, 2.75) is 0 Å². The van der Waals surface area contributed by atoms with Gasteiger partial charge in [-0.1, -0.05) is 0 Å². The summed E-state index contributed by atoms with van der Waals surface area (Å²) < 4.78 is 1.28. The summed E-state index contributed by atoms with van der Waals surface area (Å²) in [6, 6.07) is 0. The number of carbonyl (C=O) groups excluding carboxylic acids is 1. The Kier molecular flexibility index (Phi) is 1.72. The highest BCUT2D eigenvalue weighted by Crippen LogP contribution is 2.02. The number of imidazole rings is 1. The number of carboxylic acids is 1. The summed E-state index contributed by atoms with van der Waals surface area (Å²) >= 11 is 0. The molecule has 0 aliphatic carbocycles. The first-order valence-corrected chi connectivity index (χ1v) is 2.86. The Labute approximate surface area is 62.3 Å². The fourth-order valence-electron chi connectivity index (χ4n) is 0.795. The average Bonchev–Trinajstić information content (AvgIpc) is 2.30. The molecule has 1 N–H and O–H groups in total. The number of hydrogen-bond acceptors (Lipinski definition) is 3. The lowest BCUT2D eigenvalue weighted by atomic mass is 10.3. The van der Waals surface area contributed by atoms with Crippen LogP contribution in [0.25, 0.3) is 0 Å². The highest BCUT2D eigenvalue weighted by molar-refractivity contribution is 5.94. The average molecular weight is 154 g/mol. The van der Waals surface area contributed by atoms with Crippen LogP contribution in [0.4, 0.5) is 0 Å². The third-order valence-corrected chi connectivity index (χ3v) is 1.28. The van der Waals surface area contributed by atoms with Crippen LogP contribution in [0.1, 0.15) is 21.0 Å². The standard InChI is InChI=1S/C6H6N2O3/c1-8-3-7-4(2-9)5(8)6(10)11/h2-3H,1H3,(H,10,11). The smallest absolute Gasteiger partial charge is 0.354 e. The molecule has 0 bridgehead atoms. The SMILES string of the molecule is Cn1cnc(C=O)c1C(=O)O. The van der Waals surface area contributed by atoms with Crippen molar-refractivity contribution in [3.63, 3.8) is 0 Å². The molecule has 0 aliphatic heterocycles. The molecule has 1 aromatic heterocycles. The zero-order valence-corrected chi connectivity index (χ0v) is 5.81. The van der Waals surface area contributed by atoms with Crippen LogP contribution in [0.3, 0.4) is 0 Å². The molecular formula is C6H6N2O3. The molecule has 1 aromatic rings. The highest BCUT2D eigenvalue weighted by Gasteiger charge is 2.14. The largest absolute Gasteiger partial charge is 0.477 e. The second-order valence-electron chi connectivity index (χ2n) is 2.01. The molecule has 0 saturated heterocycles. The van der Waals surface area contributed by atoms with E-state index in [9.17, 15) is 9.59 Å². The van der Waals surface area contributed by atoms with Gasteiger partial charge in [0.05, 0.1) is 6.33 Å². The number of nitrogens with zero attached hydrogens (tertiary/aromatic N) is 2. The molecule has 0 aliphatic rings. The normalized spacial score (nSPS) is 9.55. The maximum Gasteiger partial charge on any atom is 0.354 e. The first-order valence-electron chi connectivity index (χ1n) is 2.86. The van der Waals surface area contributed by atoms with E-state index >= 15 is 0 Å². The van der Waals surface area contributed by atoms with Crippen LogP contribution in [0, 0.1) is 0 Å². The summed E-state index contributed by atoms with van der Waals surface area (Å²) in [6.45, 7) is 0. The number of rotatable bonds is 2. The van der Waals surface area contributed by atoms with E-state index in [1.807, 2.05) is 0 Å². The fourth-order valence-corrected chi connectivity index (χ4v) is 0.795. The number of carboxylic acid groups (broad SMARTS) is 1. The number of aryl methyl sites for hydroxylation is 1. The van der Waals surface area contributed by atoms with Gasteiger partial charge in [0.1, 0.15) is 5.69 Å². The van der Waals surface area contributed by atoms with E-state index in [-0.39, 0.29) is 11.4 Å². The van der Waals surface area contributed by atoms with Gasteiger partial charge in [0, 0.05) is 7.05 Å². The summed E-state index contributed by atoms with van der Waals surface area (Å²) in [5.74, 6) is -1.15. The molecule has 1 heterocycles. The van der Waals surface area contributed by atoms with Crippen molar-refractivity contribution in [3.05, 3.63) is 17.7 Å². The van der Waals surface area contributed by atoms with E-state index in [4.69, 9.17) is 5.11 Å². The topological polar surface area (TPSA) is 72.2 Å². The Morgan fingerprint density at radius 2 is 2.45 bits per heavy atom. The van der Waals surface area contributed by atoms with E-state index in [0.29, 0.717) is 6.29 Å². The van der Waals surface area contributed by atoms with Crippen molar-refractivity contribution in [1.29, 1.82) is 0 Å². The summed E-state index contributed by atoms with van der Waals surface area (Å²) in [5, 5.41) is 8.55. The van der Waals surface area contributed by atoms with E-state index in [0.717, 1.165) is 0 Å². The van der Waals surface area contributed by atoms with Gasteiger partial charge in [-0.2, -0.15) is 0 Å². The van der Waals surface area contributed by atoms with Gasteiger partial charge in [-0.05, 0) is 0 Å². The van der Waals surface area contributed by atoms with Crippen LogP contribution in [-0.2, 0) is 7.05 Å². The van der Waals surface area contributed by atoms with Gasteiger partial charge in [-0.3, -0.25) is 4.79 Å². The number of aldehydes is 1. The van der Waals surface area contributed by atoms with Crippen LogP contribution in [-0.4, -0.2) is 26.9 Å². The van der Waals surface area contributed by atoms with Gasteiger partial charge in [-0.15, -0.1) is 0 Å². The van der Waals surface area contributed by atoms with Crippen molar-refractivity contribution in [2.75, 3.05) is 0 Å². The Morgan fingerprint density at radius 3 is 2.82 bits per heavy atom. The minimum Gasteiger partial charge on any atom is -0.477 e. The molecule has 5 heteroatoms. The minimum atomic E-state index is -1.15. The van der Waals surface area contributed by atoms with Gasteiger partial charge in [0.15, 0.2) is 12.0 Å². The Hall–Kier alpha value is -1.65. The zero-order valence-electron chi connectivity index (χ0n) is 5.81. The minimum absolute atomic E-state index is 0.0417. The maximum absolute atomic E-state index is 10.4. The number of hydrogen-bond donors (Lipinski definition) is 1. The van der Waals surface area contributed by atoms with Crippen molar-refractivity contribution in [1.82, 2.24) is 9.55 Å². The second kappa shape index (κ2) is 2.53. The fraction of sp³-hybridized carbons (Fsp3) is 0.167. The van der Waals surface area contributed by atoms with Crippen LogP contribution >= 0.6 is 0 Å². The predicted octanol–water partition coefficient (Wildman–Crippen LogP) is -0.0692. The van der Waals surface area contributed by atoms with Gasteiger partial charge in [-0.25, -0.2) is 9.78 Å². The molecule has 58 valence electrons. The molecule has 0 amide bonds. The number of carbonyl (C=O) groups is 2. The van der Waals surface area contributed by atoms with Gasteiger partial charge in [0.25, 0.3) is 0 Å². The third kappa shape index (κ3) is 1.12. The quantitative estimate of drug-likeness (QED) is 0.605. The summed E-state index contributed by atoms with van der Waals surface area (Å²) in [4.78, 5) is 24.2. The molecule has 0 radical (unpaired) electrons. The van der Waals surface area contributed by atoms with Gasteiger partial charge in [0.2, 0.25) is 0 Å². The maximum atomic E-state index is 10.4. The number of aromatic nitrogens is 2. The van der Waals surface area contributed by atoms with E-state index in [1.54, 1.807) is 0 Å². The summed E-state index contributed by atoms with van der Waals surface area (Å²) in [5.41, 5.74) is -0.125. The molecule has 0 aromatic carbocycles. The molecule has 11 heavy (non-hydrogen) atoms. The Morgan fingerprint density at radius 1 is 1.82 bits per heavy atom. The molecule has 0 atom stereocenters. The van der Waals surface area contributed by atoms with Crippen molar-refractivity contribution >= 4 is 12.3 Å². The predicted molar refractivity (Wildman–Crippen MR) is 35.6 cm³/mol. The van der Waals surface area contributed by atoms with Crippen molar-refractivity contribution in [2.24, 2.45) is 7.05 Å². The van der Waals surface area contributed by atoms with E-state index < -0.39 is 5.97 Å². The lowest BCUT2D eigenvalue weighted by Gasteiger charge is -1.93. The highest BCUT2D eigenvalue weighted by atomic mass is 16.4. The van der Waals surface area contributed by atoms with E-state index in [1.165, 1.54) is 17.9 Å². The zero-order chi connectivity index (χ0) is 8.43. The van der Waals surface area contributed by atoms with Crippen molar-refractivity contribution < 1.29 is 14.7 Å². The molecule has 0 fully saturated rings.